The molecule has 0 aromatic heterocycles. The molecule has 0 spiro atoms. The Morgan fingerprint density at radius 1 is 0.968 bits per heavy atom. The molecule has 0 amide bonds. The number of hydrogen-bond donors (Lipinski definition) is 3. The molecule has 0 saturated heterocycles. The van der Waals surface area contributed by atoms with Crippen LogP contribution in [0.2, 0.25) is 0 Å². The molecule has 7 nitrogen and oxygen atoms in total. The Labute approximate surface area is 191 Å². The fraction of sp³-hybridized carbons (Fsp3) is 0.833. The van der Waals surface area contributed by atoms with Gasteiger partial charge in [0.05, 0.1) is 17.9 Å². The minimum Gasteiger partial charge on any atom is -0.392 e. The van der Waals surface area contributed by atoms with Crippen LogP contribution in [0.5, 0.6) is 0 Å². The Hall–Kier alpha value is -1.44. The van der Waals surface area contributed by atoms with Crippen LogP contribution < -0.4 is 11.1 Å². The molecule has 0 aromatic carbocycles. The van der Waals surface area contributed by atoms with Crippen molar-refractivity contribution in [2.75, 3.05) is 6.54 Å². The van der Waals surface area contributed by atoms with Crippen molar-refractivity contribution in [3.63, 3.8) is 0 Å². The van der Waals surface area contributed by atoms with Crippen molar-refractivity contribution in [3.8, 4) is 0 Å². The average molecular weight is 446 g/mol. The predicted octanol–water partition coefficient (Wildman–Crippen LogP) is 3.89. The van der Waals surface area contributed by atoms with Gasteiger partial charge in [0.2, 0.25) is 0 Å². The van der Waals surface area contributed by atoms with E-state index >= 15 is 0 Å². The van der Waals surface area contributed by atoms with E-state index in [4.69, 9.17) is 15.6 Å². The van der Waals surface area contributed by atoms with Gasteiger partial charge in [-0.1, -0.05) is 20.8 Å². The number of ketones is 2. The van der Waals surface area contributed by atoms with E-state index in [-0.39, 0.29) is 34.8 Å². The van der Waals surface area contributed by atoms with Crippen molar-refractivity contribution in [1.82, 2.24) is 5.32 Å². The summed E-state index contributed by atoms with van der Waals surface area (Å²) in [6, 6.07) is 0. The topological polar surface area (TPSA) is 122 Å². The molecule has 0 radical (unpaired) electrons. The van der Waals surface area contributed by atoms with Gasteiger partial charge >= 0.3 is 0 Å². The Morgan fingerprint density at radius 3 is 1.55 bits per heavy atom. The lowest BCUT2D eigenvalue weighted by Gasteiger charge is -2.25. The quantitative estimate of drug-likeness (QED) is 0.281. The molecule has 0 aromatic rings. The molecule has 186 valence electrons. The van der Waals surface area contributed by atoms with Gasteiger partial charge in [0.15, 0.2) is 17.9 Å². The first-order valence-electron chi connectivity index (χ1n) is 11.0. The first kappa shape index (κ1) is 36.9. The van der Waals surface area contributed by atoms with Crippen LogP contribution in [0.25, 0.3) is 0 Å². The van der Waals surface area contributed by atoms with E-state index in [0.717, 1.165) is 19.3 Å². The third kappa shape index (κ3) is 43.3. The number of aliphatic hydroxyl groups is 1. The zero-order valence-corrected chi connectivity index (χ0v) is 22.3. The van der Waals surface area contributed by atoms with E-state index in [1.807, 2.05) is 27.7 Å². The average Bonchev–Trinajstić information content (AvgIpc) is 2.66. The predicted molar refractivity (Wildman–Crippen MR) is 133 cm³/mol. The van der Waals surface area contributed by atoms with Crippen LogP contribution in [0.15, 0.2) is 4.99 Å². The summed E-state index contributed by atoms with van der Waals surface area (Å²) in [5.41, 5.74) is 5.66. The van der Waals surface area contributed by atoms with Crippen LogP contribution in [0.3, 0.4) is 0 Å². The van der Waals surface area contributed by atoms with Crippen molar-refractivity contribution < 1.29 is 19.5 Å². The van der Waals surface area contributed by atoms with Gasteiger partial charge in [-0.25, -0.2) is 0 Å². The Kier molecular flexibility index (Phi) is 22.9. The highest BCUT2D eigenvalue weighted by atomic mass is 16.3. The van der Waals surface area contributed by atoms with Crippen LogP contribution in [0.4, 0.5) is 0 Å². The Balaban J connectivity index is -0.000000163. The first-order chi connectivity index (χ1) is 13.8. The monoisotopic (exact) mass is 445 g/mol. The molecule has 0 fully saturated rings. The van der Waals surface area contributed by atoms with Crippen molar-refractivity contribution in [1.29, 1.82) is 0 Å². The molecule has 7 heteroatoms. The summed E-state index contributed by atoms with van der Waals surface area (Å²) >= 11 is 0. The number of aliphatic hydroxyl groups excluding tert-OH is 1. The lowest BCUT2D eigenvalue weighted by atomic mass is 10.0. The molecular formula is C24H51N3O4. The van der Waals surface area contributed by atoms with Crippen molar-refractivity contribution >= 4 is 24.1 Å². The number of nitrogens with zero attached hydrogens (tertiary/aromatic N) is 1. The smallest absolute Gasteiger partial charge is 0.192 e. The van der Waals surface area contributed by atoms with Gasteiger partial charge in [-0.3, -0.25) is 19.4 Å². The standard InChI is InChI=1S/C8H19NO.C8H15NO.C5H13N.C3H4O2/c2*1-5-8(3,4)9-6-7(2)10;1-4-5(2,3)6;1-3(5)2-4/h7,9-10H,5-6H2,1-4H3;6H,5H2,1-4H3;4,6H2,1-3H3;2H,1H3. The number of nitrogens with one attached hydrogen (secondary N) is 1. The fourth-order valence-corrected chi connectivity index (χ4v) is 0.906. The van der Waals surface area contributed by atoms with Crippen molar-refractivity contribution in [3.05, 3.63) is 0 Å². The van der Waals surface area contributed by atoms with E-state index in [2.05, 4.69) is 44.9 Å². The third-order valence-corrected chi connectivity index (χ3v) is 4.30. The molecule has 0 aliphatic heterocycles. The maximum absolute atomic E-state index is 10.5. The van der Waals surface area contributed by atoms with Gasteiger partial charge in [0.1, 0.15) is 0 Å². The van der Waals surface area contributed by atoms with Crippen LogP contribution in [0, 0.1) is 0 Å². The highest BCUT2D eigenvalue weighted by Crippen LogP contribution is 2.11. The van der Waals surface area contributed by atoms with Crippen LogP contribution in [-0.2, 0) is 14.4 Å². The number of aliphatic imine (C=N–C) groups is 1. The van der Waals surface area contributed by atoms with E-state index < -0.39 is 5.78 Å². The van der Waals surface area contributed by atoms with Gasteiger partial charge in [0.25, 0.3) is 0 Å². The van der Waals surface area contributed by atoms with Gasteiger partial charge in [-0.15, -0.1) is 0 Å². The molecular weight excluding hydrogens is 394 g/mol. The second kappa shape index (κ2) is 19.3. The molecule has 0 aliphatic rings. The number of rotatable bonds is 9. The molecule has 31 heavy (non-hydrogen) atoms. The van der Waals surface area contributed by atoms with E-state index in [1.165, 1.54) is 20.1 Å². The summed E-state index contributed by atoms with van der Waals surface area (Å²) in [6.07, 6.45) is 4.51. The van der Waals surface area contributed by atoms with Gasteiger partial charge in [0, 0.05) is 31.5 Å². The molecule has 0 heterocycles. The Bertz CT molecular complexity index is 505. The summed E-state index contributed by atoms with van der Waals surface area (Å²) in [4.78, 5) is 33.2. The zero-order valence-electron chi connectivity index (χ0n) is 22.3. The van der Waals surface area contributed by atoms with Crippen molar-refractivity contribution in [2.45, 2.75) is 125 Å². The van der Waals surface area contributed by atoms with Crippen LogP contribution in [-0.4, -0.2) is 58.4 Å². The number of Topliss-reactive ketones (excluding diaryl/α,β-unsaturated/α-hetero) is 2. The molecule has 4 N–H and O–H groups in total. The van der Waals surface area contributed by atoms with Crippen molar-refractivity contribution in [2.24, 2.45) is 10.7 Å². The lowest BCUT2D eigenvalue weighted by molar-refractivity contribution is -0.128. The third-order valence-electron chi connectivity index (χ3n) is 4.30. The van der Waals surface area contributed by atoms with E-state index in [9.17, 15) is 9.59 Å². The van der Waals surface area contributed by atoms with Gasteiger partial charge < -0.3 is 16.2 Å². The normalized spacial score (nSPS) is 12.3. The summed E-state index contributed by atoms with van der Waals surface area (Å²) in [5.74, 6) is -0.411. The number of β-amino-alcohol motifs (C(OH)–C–C–N with tert-alkyl or cyclic N) is 1. The van der Waals surface area contributed by atoms with Gasteiger partial charge in [-0.05, 0) is 67.7 Å². The second-order valence-corrected chi connectivity index (χ2v) is 9.57. The number of hydrogen-bond acceptors (Lipinski definition) is 7. The summed E-state index contributed by atoms with van der Waals surface area (Å²) in [6.45, 7) is 23.8. The van der Waals surface area contributed by atoms with E-state index in [0.29, 0.717) is 6.54 Å². The highest BCUT2D eigenvalue weighted by molar-refractivity contribution is 6.26. The molecule has 0 saturated carbocycles. The lowest BCUT2D eigenvalue weighted by Crippen LogP contribution is -2.42. The van der Waals surface area contributed by atoms with E-state index in [1.54, 1.807) is 6.92 Å². The minimum absolute atomic E-state index is 0.0153. The molecule has 0 aliphatic carbocycles. The Morgan fingerprint density at radius 2 is 1.35 bits per heavy atom. The maximum atomic E-state index is 10.5. The molecule has 1 unspecified atom stereocenters. The number of aldehydes is 1. The first-order valence-corrected chi connectivity index (χ1v) is 11.0. The number of nitrogens with two attached hydrogens (primary N) is 1. The molecule has 0 rings (SSSR count). The minimum atomic E-state index is -0.426. The summed E-state index contributed by atoms with van der Waals surface area (Å²) in [7, 11) is 0. The summed E-state index contributed by atoms with van der Waals surface area (Å²) in [5, 5.41) is 12.2. The van der Waals surface area contributed by atoms with Gasteiger partial charge in [-0.2, -0.15) is 0 Å². The molecule has 1 atom stereocenters. The molecule has 0 bridgehead atoms. The largest absolute Gasteiger partial charge is 0.392 e. The second-order valence-electron chi connectivity index (χ2n) is 9.57. The van der Waals surface area contributed by atoms with Crippen LogP contribution in [0.1, 0.15) is 102 Å². The van der Waals surface area contributed by atoms with Crippen LogP contribution >= 0.6 is 0 Å². The maximum Gasteiger partial charge on any atom is 0.192 e. The zero-order chi connectivity index (χ0) is 25.9. The SMILES string of the molecule is CC(=O)C=O.CCC(C)(C)N.CCC(C)(C)N=CC(C)=O.CCC(C)(C)NCC(C)O. The highest BCUT2D eigenvalue weighted by Gasteiger charge is 2.13. The number of carbonyl (C=O) groups excluding carboxylic acids is 3. The number of carbonyl (C=O) groups is 3. The fourth-order valence-electron chi connectivity index (χ4n) is 0.906. The summed E-state index contributed by atoms with van der Waals surface area (Å²) < 4.78 is 0.